The monoisotopic (exact) mass is 260 g/mol. The van der Waals surface area contributed by atoms with Crippen LogP contribution in [0, 0.1) is 0 Å². The molecule has 0 spiro atoms. The summed E-state index contributed by atoms with van der Waals surface area (Å²) in [5.74, 6) is 0.450. The van der Waals surface area contributed by atoms with E-state index in [0.29, 0.717) is 25.1 Å². The zero-order valence-electron chi connectivity index (χ0n) is 10.6. The van der Waals surface area contributed by atoms with Crippen LogP contribution in [0.4, 0.5) is 0 Å². The van der Waals surface area contributed by atoms with Crippen molar-refractivity contribution in [2.45, 2.75) is 38.8 Å². The van der Waals surface area contributed by atoms with Crippen molar-refractivity contribution in [1.82, 2.24) is 10.2 Å². The van der Waals surface area contributed by atoms with Gasteiger partial charge >= 0.3 is 0 Å². The molecule has 6 heteroatoms. The Kier molecular flexibility index (Phi) is 5.11. The first-order valence-corrected chi connectivity index (χ1v) is 7.54. The smallest absolute Gasteiger partial charge is 0.245 e. The highest BCUT2D eigenvalue weighted by Gasteiger charge is 2.29. The van der Waals surface area contributed by atoms with Gasteiger partial charge in [0.25, 0.3) is 0 Å². The van der Waals surface area contributed by atoms with Crippen LogP contribution in [0.15, 0.2) is 0 Å². The van der Waals surface area contributed by atoms with Gasteiger partial charge in [-0.05, 0) is 20.3 Å². The summed E-state index contributed by atoms with van der Waals surface area (Å²) in [6.07, 6.45) is 2.70. The maximum atomic E-state index is 12.0. The van der Waals surface area contributed by atoms with Crippen LogP contribution in [0.25, 0.3) is 0 Å². The third-order valence-corrected chi connectivity index (χ3v) is 3.78. The fourth-order valence-electron chi connectivity index (χ4n) is 1.89. The van der Waals surface area contributed by atoms with E-state index in [1.807, 2.05) is 6.92 Å². The van der Waals surface area contributed by atoms with Crippen molar-refractivity contribution in [3.8, 4) is 0 Å². The van der Waals surface area contributed by atoms with Crippen LogP contribution >= 0.6 is 0 Å². The molecule has 0 aromatic carbocycles. The Morgan fingerprint density at radius 3 is 2.76 bits per heavy atom. The molecule has 1 fully saturated rings. The molecule has 1 heterocycles. The topological polar surface area (TPSA) is 66.5 Å². The second-order valence-electron chi connectivity index (χ2n) is 4.49. The number of hydrogen-bond donors (Lipinski definition) is 1. The molecule has 5 nitrogen and oxygen atoms in total. The molecular weight excluding hydrogens is 240 g/mol. The molecule has 0 radical (unpaired) electrons. The minimum atomic E-state index is -0.842. The molecule has 1 saturated heterocycles. The molecule has 2 amide bonds. The quantitative estimate of drug-likeness (QED) is 0.766. The zero-order chi connectivity index (χ0) is 13.0. The summed E-state index contributed by atoms with van der Waals surface area (Å²) in [5.41, 5.74) is 0. The van der Waals surface area contributed by atoms with E-state index in [-0.39, 0.29) is 17.9 Å². The molecular formula is C11H20N2O3S. The van der Waals surface area contributed by atoms with E-state index >= 15 is 0 Å². The predicted molar refractivity (Wildman–Crippen MR) is 66.9 cm³/mol. The Balaban J connectivity index is 2.63. The molecule has 0 aromatic rings. The van der Waals surface area contributed by atoms with Crippen LogP contribution in [0.2, 0.25) is 0 Å². The third-order valence-electron chi connectivity index (χ3n) is 2.97. The Hall–Kier alpha value is -0.910. The van der Waals surface area contributed by atoms with E-state index in [9.17, 15) is 13.8 Å². The van der Waals surface area contributed by atoms with Crippen molar-refractivity contribution in [2.75, 3.05) is 18.6 Å². The Bertz CT molecular complexity index is 333. The molecule has 17 heavy (non-hydrogen) atoms. The third kappa shape index (κ3) is 4.11. The molecule has 98 valence electrons. The average Bonchev–Trinajstić information content (AvgIpc) is 2.36. The fourth-order valence-corrected chi connectivity index (χ4v) is 2.56. The Morgan fingerprint density at radius 1 is 1.53 bits per heavy atom. The summed E-state index contributed by atoms with van der Waals surface area (Å²) < 4.78 is 11.0. The average molecular weight is 260 g/mol. The van der Waals surface area contributed by atoms with Crippen LogP contribution in [0.1, 0.15) is 26.7 Å². The van der Waals surface area contributed by atoms with Crippen molar-refractivity contribution < 1.29 is 13.8 Å². The number of rotatable bonds is 4. The maximum absolute atomic E-state index is 12.0. The summed E-state index contributed by atoms with van der Waals surface area (Å²) in [6.45, 7) is 4.09. The van der Waals surface area contributed by atoms with Gasteiger partial charge in [0.15, 0.2) is 0 Å². The predicted octanol–water partition coefficient (Wildman–Crippen LogP) is -0.120. The summed E-state index contributed by atoms with van der Waals surface area (Å²) in [5, 5.41) is 2.65. The van der Waals surface area contributed by atoms with E-state index < -0.39 is 16.8 Å². The first-order valence-electron chi connectivity index (χ1n) is 5.81. The van der Waals surface area contributed by atoms with E-state index in [1.165, 1.54) is 0 Å². The van der Waals surface area contributed by atoms with Gasteiger partial charge in [-0.3, -0.25) is 13.8 Å². The standard InChI is InChI=1S/C11H20N2O3S/c1-8(5-7-17(3)16)13-6-4-10(14)12-9(2)11(13)15/h8-9H,4-7H2,1-3H3,(H,12,14). The van der Waals surface area contributed by atoms with Crippen molar-refractivity contribution in [3.05, 3.63) is 0 Å². The number of carbonyl (C=O) groups excluding carboxylic acids is 2. The molecule has 0 bridgehead atoms. The van der Waals surface area contributed by atoms with Gasteiger partial charge in [-0.25, -0.2) is 0 Å². The van der Waals surface area contributed by atoms with Crippen LogP contribution in [-0.2, 0) is 20.4 Å². The van der Waals surface area contributed by atoms with E-state index in [2.05, 4.69) is 5.32 Å². The molecule has 3 atom stereocenters. The summed E-state index contributed by atoms with van der Waals surface area (Å²) in [7, 11) is -0.842. The van der Waals surface area contributed by atoms with Gasteiger partial charge in [0.2, 0.25) is 11.8 Å². The lowest BCUT2D eigenvalue weighted by Crippen LogP contribution is -2.46. The maximum Gasteiger partial charge on any atom is 0.245 e. The van der Waals surface area contributed by atoms with E-state index in [0.717, 1.165) is 0 Å². The van der Waals surface area contributed by atoms with Gasteiger partial charge in [-0.1, -0.05) is 0 Å². The zero-order valence-corrected chi connectivity index (χ0v) is 11.4. The van der Waals surface area contributed by atoms with Crippen molar-refractivity contribution in [2.24, 2.45) is 0 Å². The van der Waals surface area contributed by atoms with Crippen molar-refractivity contribution >= 4 is 22.6 Å². The van der Waals surface area contributed by atoms with Crippen molar-refractivity contribution in [3.63, 3.8) is 0 Å². The molecule has 3 unspecified atom stereocenters. The lowest BCUT2D eigenvalue weighted by molar-refractivity contribution is -0.134. The Morgan fingerprint density at radius 2 is 2.18 bits per heavy atom. The van der Waals surface area contributed by atoms with Crippen LogP contribution < -0.4 is 5.32 Å². The second kappa shape index (κ2) is 6.14. The normalized spacial score (nSPS) is 25.1. The number of hydrogen-bond acceptors (Lipinski definition) is 3. The summed E-state index contributed by atoms with van der Waals surface area (Å²) in [6, 6.07) is -0.430. The van der Waals surface area contributed by atoms with Crippen molar-refractivity contribution in [1.29, 1.82) is 0 Å². The highest BCUT2D eigenvalue weighted by atomic mass is 32.2. The van der Waals surface area contributed by atoms with Crippen LogP contribution in [-0.4, -0.2) is 51.6 Å². The van der Waals surface area contributed by atoms with Gasteiger partial charge in [0.05, 0.1) is 0 Å². The van der Waals surface area contributed by atoms with Gasteiger partial charge in [0, 0.05) is 41.8 Å². The van der Waals surface area contributed by atoms with Gasteiger partial charge in [-0.2, -0.15) is 0 Å². The first kappa shape index (κ1) is 14.2. The van der Waals surface area contributed by atoms with E-state index in [4.69, 9.17) is 0 Å². The highest BCUT2D eigenvalue weighted by Crippen LogP contribution is 2.11. The minimum absolute atomic E-state index is 0.0292. The molecule has 0 aromatic heterocycles. The molecule has 1 rings (SSSR count). The molecule has 0 saturated carbocycles. The van der Waals surface area contributed by atoms with Gasteiger partial charge in [-0.15, -0.1) is 0 Å². The number of nitrogens with one attached hydrogen (secondary N) is 1. The lowest BCUT2D eigenvalue weighted by atomic mass is 10.2. The molecule has 0 aliphatic carbocycles. The summed E-state index contributed by atoms with van der Waals surface area (Å²) in [4.78, 5) is 25.1. The van der Waals surface area contributed by atoms with E-state index in [1.54, 1.807) is 18.1 Å². The second-order valence-corrected chi connectivity index (χ2v) is 6.04. The van der Waals surface area contributed by atoms with Gasteiger partial charge < -0.3 is 10.2 Å². The van der Waals surface area contributed by atoms with Crippen LogP contribution in [0.3, 0.4) is 0 Å². The van der Waals surface area contributed by atoms with Gasteiger partial charge in [0.1, 0.15) is 6.04 Å². The molecule has 1 aliphatic rings. The molecule has 1 N–H and O–H groups in total. The number of carbonyl (C=O) groups is 2. The SMILES string of the molecule is CC1NC(=O)CCN(C(C)CCS(C)=O)C1=O. The fraction of sp³-hybridized carbons (Fsp3) is 0.818. The lowest BCUT2D eigenvalue weighted by Gasteiger charge is -2.28. The Labute approximate surface area is 104 Å². The highest BCUT2D eigenvalue weighted by molar-refractivity contribution is 7.84. The molecule has 1 aliphatic heterocycles. The van der Waals surface area contributed by atoms with Crippen LogP contribution in [0.5, 0.6) is 0 Å². The minimum Gasteiger partial charge on any atom is -0.345 e. The summed E-state index contributed by atoms with van der Waals surface area (Å²) >= 11 is 0. The largest absolute Gasteiger partial charge is 0.345 e. The number of nitrogens with zero attached hydrogens (tertiary/aromatic N) is 1. The first-order chi connectivity index (χ1) is 7.91. The number of amides is 2.